The molecule has 0 saturated heterocycles. The van der Waals surface area contributed by atoms with Crippen molar-refractivity contribution in [2.24, 2.45) is 5.16 Å². The fraction of sp³-hybridized carbons (Fsp3) is 0.316. The lowest BCUT2D eigenvalue weighted by atomic mass is 10.1. The van der Waals surface area contributed by atoms with Crippen molar-refractivity contribution in [3.8, 4) is 21.1 Å². The molecule has 4 rings (SSSR count). The van der Waals surface area contributed by atoms with Crippen LogP contribution in [0.2, 0.25) is 0 Å². The molecule has 27 heavy (non-hydrogen) atoms. The van der Waals surface area contributed by atoms with Crippen molar-refractivity contribution in [1.82, 2.24) is 19.9 Å². The Morgan fingerprint density at radius 3 is 2.96 bits per heavy atom. The maximum absolute atomic E-state index is 5.28. The van der Waals surface area contributed by atoms with Crippen LogP contribution < -0.4 is 4.90 Å². The van der Waals surface area contributed by atoms with Gasteiger partial charge in [0.1, 0.15) is 28.7 Å². The molecular weight excluding hydrogens is 360 g/mol. The number of anilines is 1. The molecule has 0 radical (unpaired) electrons. The van der Waals surface area contributed by atoms with Crippen LogP contribution >= 0.6 is 11.3 Å². The van der Waals surface area contributed by atoms with Crippen LogP contribution in [-0.4, -0.2) is 45.8 Å². The fourth-order valence-electron chi connectivity index (χ4n) is 2.94. The Morgan fingerprint density at radius 2 is 2.19 bits per heavy atom. The second-order valence-corrected chi connectivity index (χ2v) is 7.23. The molecule has 4 heterocycles. The van der Waals surface area contributed by atoms with Gasteiger partial charge in [-0.2, -0.15) is 0 Å². The van der Waals surface area contributed by atoms with Crippen LogP contribution in [0.25, 0.3) is 21.1 Å². The van der Waals surface area contributed by atoms with E-state index < -0.39 is 0 Å². The van der Waals surface area contributed by atoms with E-state index in [1.165, 1.54) is 0 Å². The number of thiazole rings is 1. The lowest BCUT2D eigenvalue weighted by Gasteiger charge is -2.26. The van der Waals surface area contributed by atoms with Gasteiger partial charge in [-0.25, -0.2) is 15.0 Å². The van der Waals surface area contributed by atoms with E-state index >= 15 is 0 Å². The zero-order valence-electron chi connectivity index (χ0n) is 15.5. The third-order valence-corrected chi connectivity index (χ3v) is 5.54. The molecule has 0 unspecified atom stereocenters. The Balaban J connectivity index is 1.77. The highest BCUT2D eigenvalue weighted by Crippen LogP contribution is 2.35. The number of hydrogen-bond donors (Lipinski definition) is 0. The Hall–Kier alpha value is -2.87. The molecule has 1 aliphatic heterocycles. The molecule has 7 nitrogen and oxygen atoms in total. The van der Waals surface area contributed by atoms with Crippen LogP contribution in [0.1, 0.15) is 24.7 Å². The predicted octanol–water partition coefficient (Wildman–Crippen LogP) is 3.55. The van der Waals surface area contributed by atoms with E-state index in [9.17, 15) is 0 Å². The SMILES string of the molecule is CCO/N=C1\CCN(C)c2ncc(-c3sc(-c4cccnc4)nc3C)nc21. The smallest absolute Gasteiger partial charge is 0.156 e. The minimum Gasteiger partial charge on any atom is -0.396 e. The predicted molar refractivity (Wildman–Crippen MR) is 107 cm³/mol. The zero-order valence-corrected chi connectivity index (χ0v) is 16.3. The number of nitrogens with zero attached hydrogens (tertiary/aromatic N) is 6. The maximum atomic E-state index is 5.28. The molecule has 8 heteroatoms. The molecule has 0 fully saturated rings. The van der Waals surface area contributed by atoms with Gasteiger partial charge in [0, 0.05) is 38.0 Å². The Kier molecular flexibility index (Phi) is 4.81. The van der Waals surface area contributed by atoms with Gasteiger partial charge in [0.15, 0.2) is 5.82 Å². The van der Waals surface area contributed by atoms with Crippen LogP contribution in [0.4, 0.5) is 5.82 Å². The average molecular weight is 380 g/mol. The van der Waals surface area contributed by atoms with Gasteiger partial charge in [-0.3, -0.25) is 4.98 Å². The Morgan fingerprint density at radius 1 is 1.30 bits per heavy atom. The van der Waals surface area contributed by atoms with E-state index in [0.29, 0.717) is 6.61 Å². The van der Waals surface area contributed by atoms with Crippen molar-refractivity contribution in [2.45, 2.75) is 20.3 Å². The van der Waals surface area contributed by atoms with Crippen LogP contribution in [0.3, 0.4) is 0 Å². The van der Waals surface area contributed by atoms with Gasteiger partial charge < -0.3 is 9.74 Å². The number of pyridine rings is 1. The molecular formula is C19H20N6OS. The molecule has 0 bridgehead atoms. The monoisotopic (exact) mass is 380 g/mol. The highest BCUT2D eigenvalue weighted by molar-refractivity contribution is 7.18. The summed E-state index contributed by atoms with van der Waals surface area (Å²) >= 11 is 1.60. The first kappa shape index (κ1) is 17.5. The minimum absolute atomic E-state index is 0.532. The molecule has 0 atom stereocenters. The largest absolute Gasteiger partial charge is 0.396 e. The normalized spacial score (nSPS) is 15.1. The van der Waals surface area contributed by atoms with Gasteiger partial charge in [-0.1, -0.05) is 5.16 Å². The van der Waals surface area contributed by atoms with Crippen molar-refractivity contribution >= 4 is 22.9 Å². The van der Waals surface area contributed by atoms with E-state index in [1.807, 2.05) is 45.4 Å². The van der Waals surface area contributed by atoms with E-state index in [2.05, 4.69) is 20.0 Å². The number of fused-ring (bicyclic) bond motifs is 1. The van der Waals surface area contributed by atoms with Crippen LogP contribution in [0.15, 0.2) is 35.9 Å². The molecule has 0 aliphatic carbocycles. The number of hydrogen-bond acceptors (Lipinski definition) is 8. The first-order chi connectivity index (χ1) is 13.2. The molecule has 3 aromatic rings. The van der Waals surface area contributed by atoms with Crippen LogP contribution in [0.5, 0.6) is 0 Å². The maximum Gasteiger partial charge on any atom is 0.156 e. The second kappa shape index (κ2) is 7.40. The van der Waals surface area contributed by atoms with Gasteiger partial charge >= 0.3 is 0 Å². The van der Waals surface area contributed by atoms with E-state index in [1.54, 1.807) is 17.5 Å². The van der Waals surface area contributed by atoms with Crippen molar-refractivity contribution in [3.63, 3.8) is 0 Å². The summed E-state index contributed by atoms with van der Waals surface area (Å²) in [6, 6.07) is 3.92. The van der Waals surface area contributed by atoms with Gasteiger partial charge in [0.2, 0.25) is 0 Å². The molecule has 1 aliphatic rings. The van der Waals surface area contributed by atoms with Crippen LogP contribution in [0, 0.1) is 6.92 Å². The molecule has 3 aromatic heterocycles. The number of aryl methyl sites for hydroxylation is 1. The molecule has 0 N–H and O–H groups in total. The van der Waals surface area contributed by atoms with Crippen molar-refractivity contribution in [2.75, 3.05) is 25.1 Å². The minimum atomic E-state index is 0.532. The second-order valence-electron chi connectivity index (χ2n) is 6.23. The topological polar surface area (TPSA) is 76.4 Å². The number of aromatic nitrogens is 4. The van der Waals surface area contributed by atoms with Gasteiger partial charge in [-0.05, 0) is 26.0 Å². The lowest BCUT2D eigenvalue weighted by Crippen LogP contribution is -2.30. The molecule has 0 aromatic carbocycles. The first-order valence-electron chi connectivity index (χ1n) is 8.83. The summed E-state index contributed by atoms with van der Waals surface area (Å²) in [7, 11) is 2.02. The summed E-state index contributed by atoms with van der Waals surface area (Å²) in [5.74, 6) is 0.832. The standard InChI is InChI=1S/C19H20N6OS/c1-4-26-24-14-7-9-25(3)18-16(14)23-15(11-21-18)17-12(2)22-19(27-17)13-6-5-8-20-10-13/h5-6,8,10-11H,4,7,9H2,1-3H3/b24-14+. The Labute approximate surface area is 161 Å². The third-order valence-electron chi connectivity index (χ3n) is 4.31. The van der Waals surface area contributed by atoms with Gasteiger partial charge in [0.25, 0.3) is 0 Å². The van der Waals surface area contributed by atoms with E-state index in [4.69, 9.17) is 14.8 Å². The number of oxime groups is 1. The summed E-state index contributed by atoms with van der Waals surface area (Å²) < 4.78 is 0. The van der Waals surface area contributed by atoms with Gasteiger partial charge in [0.05, 0.1) is 16.8 Å². The first-order valence-corrected chi connectivity index (χ1v) is 9.64. The number of rotatable bonds is 4. The Bertz CT molecular complexity index is 985. The van der Waals surface area contributed by atoms with E-state index in [-0.39, 0.29) is 0 Å². The summed E-state index contributed by atoms with van der Waals surface area (Å²) in [5.41, 5.74) is 4.36. The molecule has 138 valence electrons. The van der Waals surface area contributed by atoms with Crippen molar-refractivity contribution < 1.29 is 4.84 Å². The summed E-state index contributed by atoms with van der Waals surface area (Å²) in [6.45, 7) is 5.29. The zero-order chi connectivity index (χ0) is 18.8. The van der Waals surface area contributed by atoms with Crippen LogP contribution in [-0.2, 0) is 4.84 Å². The highest BCUT2D eigenvalue weighted by Gasteiger charge is 2.24. The molecule has 0 saturated carbocycles. The van der Waals surface area contributed by atoms with Crippen molar-refractivity contribution in [1.29, 1.82) is 0 Å². The van der Waals surface area contributed by atoms with Gasteiger partial charge in [-0.15, -0.1) is 11.3 Å². The quantitative estimate of drug-likeness (QED) is 0.644. The molecule has 0 amide bonds. The summed E-state index contributed by atoms with van der Waals surface area (Å²) in [5, 5.41) is 5.18. The average Bonchev–Trinajstić information content (AvgIpc) is 3.10. The third kappa shape index (κ3) is 3.40. The van der Waals surface area contributed by atoms with Crippen molar-refractivity contribution in [3.05, 3.63) is 42.1 Å². The lowest BCUT2D eigenvalue weighted by molar-refractivity contribution is 0.158. The molecule has 0 spiro atoms. The highest BCUT2D eigenvalue weighted by atomic mass is 32.1. The summed E-state index contributed by atoms with van der Waals surface area (Å²) in [4.78, 5) is 26.8. The fourth-order valence-corrected chi connectivity index (χ4v) is 3.95. The van der Waals surface area contributed by atoms with E-state index in [0.717, 1.165) is 57.0 Å². The summed E-state index contributed by atoms with van der Waals surface area (Å²) in [6.07, 6.45) is 6.18.